The molecule has 0 radical (unpaired) electrons. The molecule has 0 amide bonds. The van der Waals surface area contributed by atoms with Crippen LogP contribution in [-0.2, 0) is 11.2 Å². The summed E-state index contributed by atoms with van der Waals surface area (Å²) >= 11 is 0. The Balaban J connectivity index is 2.46. The van der Waals surface area contributed by atoms with E-state index < -0.39 is 5.97 Å². The van der Waals surface area contributed by atoms with Crippen molar-refractivity contribution in [2.75, 3.05) is 0 Å². The minimum atomic E-state index is -0.964. The second kappa shape index (κ2) is 7.54. The first-order valence-electron chi connectivity index (χ1n) is 7.59. The van der Waals surface area contributed by atoms with Crippen LogP contribution in [0.5, 0.6) is 0 Å². The molecule has 2 rings (SSSR count). The minimum absolute atomic E-state index is 0.231. The van der Waals surface area contributed by atoms with Crippen molar-refractivity contribution < 1.29 is 14.7 Å². The SMILES string of the molecule is CC(C)Cc1ccc(-c2cc(C(=O)O)ccc2C=CC=O)cc1. The molecule has 0 unspecified atom stereocenters. The Labute approximate surface area is 136 Å². The van der Waals surface area contributed by atoms with Gasteiger partial charge in [-0.2, -0.15) is 0 Å². The number of benzene rings is 2. The zero-order chi connectivity index (χ0) is 16.8. The predicted molar refractivity (Wildman–Crippen MR) is 92.5 cm³/mol. The molecular weight excluding hydrogens is 288 g/mol. The van der Waals surface area contributed by atoms with E-state index in [-0.39, 0.29) is 5.56 Å². The van der Waals surface area contributed by atoms with Gasteiger partial charge in [-0.3, -0.25) is 4.79 Å². The molecule has 0 aliphatic carbocycles. The van der Waals surface area contributed by atoms with Crippen molar-refractivity contribution in [1.82, 2.24) is 0 Å². The highest BCUT2D eigenvalue weighted by atomic mass is 16.4. The molecule has 0 fully saturated rings. The van der Waals surface area contributed by atoms with Crippen LogP contribution in [0, 0.1) is 5.92 Å². The van der Waals surface area contributed by atoms with Crippen LogP contribution in [0.15, 0.2) is 48.5 Å². The minimum Gasteiger partial charge on any atom is -0.478 e. The van der Waals surface area contributed by atoms with Crippen molar-refractivity contribution >= 4 is 18.3 Å². The van der Waals surface area contributed by atoms with E-state index in [9.17, 15) is 14.7 Å². The third kappa shape index (κ3) is 4.39. The first kappa shape index (κ1) is 16.7. The topological polar surface area (TPSA) is 54.4 Å². The van der Waals surface area contributed by atoms with Crippen molar-refractivity contribution in [3.63, 3.8) is 0 Å². The summed E-state index contributed by atoms with van der Waals surface area (Å²) in [6.07, 6.45) is 4.82. The maximum Gasteiger partial charge on any atom is 0.335 e. The summed E-state index contributed by atoms with van der Waals surface area (Å²) < 4.78 is 0. The Morgan fingerprint density at radius 1 is 1.13 bits per heavy atom. The second-order valence-electron chi connectivity index (χ2n) is 5.90. The van der Waals surface area contributed by atoms with Crippen LogP contribution in [0.25, 0.3) is 17.2 Å². The fourth-order valence-electron chi connectivity index (χ4n) is 2.52. The number of aromatic carboxylic acids is 1. The molecule has 1 N–H and O–H groups in total. The van der Waals surface area contributed by atoms with Gasteiger partial charge in [0, 0.05) is 0 Å². The number of carbonyl (C=O) groups is 2. The molecule has 0 aromatic heterocycles. The van der Waals surface area contributed by atoms with E-state index in [0.29, 0.717) is 12.2 Å². The van der Waals surface area contributed by atoms with E-state index in [1.165, 1.54) is 11.6 Å². The summed E-state index contributed by atoms with van der Waals surface area (Å²) in [5.41, 5.74) is 4.04. The van der Waals surface area contributed by atoms with E-state index in [4.69, 9.17) is 0 Å². The van der Waals surface area contributed by atoms with Gasteiger partial charge >= 0.3 is 5.97 Å². The Bertz CT molecular complexity index is 725. The summed E-state index contributed by atoms with van der Waals surface area (Å²) in [6, 6.07) is 13.0. The highest BCUT2D eigenvalue weighted by Crippen LogP contribution is 2.27. The molecule has 3 heteroatoms. The second-order valence-corrected chi connectivity index (χ2v) is 5.90. The van der Waals surface area contributed by atoms with Crippen molar-refractivity contribution in [3.05, 3.63) is 65.2 Å². The zero-order valence-corrected chi connectivity index (χ0v) is 13.3. The number of hydrogen-bond donors (Lipinski definition) is 1. The fraction of sp³-hybridized carbons (Fsp3) is 0.200. The van der Waals surface area contributed by atoms with Gasteiger partial charge in [-0.25, -0.2) is 4.79 Å². The first-order valence-corrected chi connectivity index (χ1v) is 7.59. The molecule has 0 heterocycles. The number of allylic oxidation sites excluding steroid dienone is 1. The maximum absolute atomic E-state index is 11.2. The van der Waals surface area contributed by atoms with Gasteiger partial charge < -0.3 is 5.11 Å². The molecule has 0 spiro atoms. The third-order valence-corrected chi connectivity index (χ3v) is 3.56. The number of rotatable bonds is 6. The summed E-state index contributed by atoms with van der Waals surface area (Å²) in [6.45, 7) is 4.35. The monoisotopic (exact) mass is 308 g/mol. The van der Waals surface area contributed by atoms with Gasteiger partial charge in [0.2, 0.25) is 0 Å². The fourth-order valence-corrected chi connectivity index (χ4v) is 2.52. The molecule has 0 atom stereocenters. The van der Waals surface area contributed by atoms with Crippen LogP contribution in [0.1, 0.15) is 35.3 Å². The van der Waals surface area contributed by atoms with Crippen molar-refractivity contribution in [2.24, 2.45) is 5.92 Å². The molecule has 3 nitrogen and oxygen atoms in total. The van der Waals surface area contributed by atoms with Gasteiger partial charge in [-0.1, -0.05) is 50.3 Å². The Hall–Kier alpha value is -2.68. The van der Waals surface area contributed by atoms with Gasteiger partial charge in [0.15, 0.2) is 0 Å². The van der Waals surface area contributed by atoms with Gasteiger partial charge in [0.05, 0.1) is 5.56 Å². The Morgan fingerprint density at radius 3 is 2.39 bits per heavy atom. The summed E-state index contributed by atoms with van der Waals surface area (Å²) in [7, 11) is 0. The van der Waals surface area contributed by atoms with E-state index in [1.807, 2.05) is 12.1 Å². The van der Waals surface area contributed by atoms with Crippen LogP contribution < -0.4 is 0 Å². The van der Waals surface area contributed by atoms with Gasteiger partial charge in [0.1, 0.15) is 6.29 Å². The summed E-state index contributed by atoms with van der Waals surface area (Å²) in [4.78, 5) is 21.8. The van der Waals surface area contributed by atoms with E-state index >= 15 is 0 Å². The Morgan fingerprint density at radius 2 is 1.83 bits per heavy atom. The molecule has 0 bridgehead atoms. The highest BCUT2D eigenvalue weighted by Gasteiger charge is 2.09. The molecule has 0 saturated carbocycles. The normalized spacial score (nSPS) is 11.1. The van der Waals surface area contributed by atoms with Gasteiger partial charge in [-0.15, -0.1) is 0 Å². The van der Waals surface area contributed by atoms with Crippen molar-refractivity contribution in [1.29, 1.82) is 0 Å². The molecular formula is C20H20O3. The lowest BCUT2D eigenvalue weighted by atomic mass is 9.94. The number of aldehydes is 1. The van der Waals surface area contributed by atoms with Crippen LogP contribution in [0.2, 0.25) is 0 Å². The molecule has 118 valence electrons. The highest BCUT2D eigenvalue weighted by molar-refractivity contribution is 5.91. The van der Waals surface area contributed by atoms with E-state index in [0.717, 1.165) is 23.1 Å². The maximum atomic E-state index is 11.2. The van der Waals surface area contributed by atoms with Gasteiger partial charge in [0.25, 0.3) is 0 Å². The first-order chi connectivity index (χ1) is 11.0. The molecule has 0 aliphatic heterocycles. The number of carboxylic acid groups (broad SMARTS) is 1. The zero-order valence-electron chi connectivity index (χ0n) is 13.3. The quantitative estimate of drug-likeness (QED) is 0.633. The van der Waals surface area contributed by atoms with Crippen molar-refractivity contribution in [2.45, 2.75) is 20.3 Å². The summed E-state index contributed by atoms with van der Waals surface area (Å²) in [5, 5.41) is 9.19. The molecule has 2 aromatic rings. The number of hydrogen-bond acceptors (Lipinski definition) is 2. The van der Waals surface area contributed by atoms with Crippen LogP contribution in [0.3, 0.4) is 0 Å². The van der Waals surface area contributed by atoms with E-state index in [1.54, 1.807) is 24.3 Å². The van der Waals surface area contributed by atoms with Crippen molar-refractivity contribution in [3.8, 4) is 11.1 Å². The lowest BCUT2D eigenvalue weighted by Crippen LogP contribution is -1.98. The number of carbonyl (C=O) groups excluding carboxylic acids is 1. The van der Waals surface area contributed by atoms with E-state index in [2.05, 4.69) is 26.0 Å². The summed E-state index contributed by atoms with van der Waals surface area (Å²) in [5.74, 6) is -0.379. The average molecular weight is 308 g/mol. The molecule has 0 saturated heterocycles. The largest absolute Gasteiger partial charge is 0.478 e. The third-order valence-electron chi connectivity index (χ3n) is 3.56. The molecule has 2 aromatic carbocycles. The lowest BCUT2D eigenvalue weighted by Gasteiger charge is -2.10. The molecule has 0 aliphatic rings. The Kier molecular flexibility index (Phi) is 5.47. The molecule has 23 heavy (non-hydrogen) atoms. The predicted octanol–water partition coefficient (Wildman–Crippen LogP) is 4.46. The van der Waals surface area contributed by atoms with Crippen LogP contribution in [-0.4, -0.2) is 17.4 Å². The number of carboxylic acids is 1. The lowest BCUT2D eigenvalue weighted by molar-refractivity contribution is -0.104. The standard InChI is InChI=1S/C20H20O3/c1-14(2)12-15-5-7-17(8-6-15)19-13-18(20(22)23)10-9-16(19)4-3-11-21/h3-11,13-14H,12H2,1-2H3,(H,22,23). The van der Waals surface area contributed by atoms with Crippen LogP contribution >= 0.6 is 0 Å². The smallest absolute Gasteiger partial charge is 0.335 e. The van der Waals surface area contributed by atoms with Crippen LogP contribution in [0.4, 0.5) is 0 Å². The average Bonchev–Trinajstić information content (AvgIpc) is 2.53. The van der Waals surface area contributed by atoms with Gasteiger partial charge in [-0.05, 0) is 52.8 Å².